The Balaban J connectivity index is 2.01. The molecule has 0 aromatic heterocycles. The highest BCUT2D eigenvalue weighted by molar-refractivity contribution is 7.97. The molecule has 0 spiro atoms. The van der Waals surface area contributed by atoms with E-state index in [1.54, 1.807) is 24.1 Å². The Morgan fingerprint density at radius 1 is 0.966 bits per heavy atom. The normalized spacial score (nSPS) is 11.7. The number of halogens is 1. The van der Waals surface area contributed by atoms with Gasteiger partial charge in [0.2, 0.25) is 0 Å². The number of nitrogens with zero attached hydrogens (tertiary/aromatic N) is 2. The molecule has 0 aliphatic rings. The van der Waals surface area contributed by atoms with E-state index >= 15 is 0 Å². The SMILES string of the molecule is CCCN(CCN(CC)Sc1ccc(C(C)(C)C)cc1)C(=O)c1ccccc1Cl. The first kappa shape index (κ1) is 23.8. The van der Waals surface area contributed by atoms with Gasteiger partial charge in [-0.3, -0.25) is 4.79 Å². The van der Waals surface area contributed by atoms with E-state index in [0.717, 1.165) is 26.1 Å². The van der Waals surface area contributed by atoms with Crippen molar-refractivity contribution in [1.29, 1.82) is 0 Å². The standard InChI is InChI=1S/C24H33ClN2OS/c1-6-16-26(23(28)21-10-8-9-11-22(21)25)17-18-27(7-2)29-20-14-12-19(13-15-20)24(3,4)5/h8-15H,6-7,16-18H2,1-5H3. The minimum absolute atomic E-state index is 0.00744. The number of likely N-dealkylation sites (N-methyl/N-ethyl adjacent to an activating group) is 1. The Labute approximate surface area is 185 Å². The second-order valence-corrected chi connectivity index (χ2v) is 9.74. The fraction of sp³-hybridized carbons (Fsp3) is 0.458. The summed E-state index contributed by atoms with van der Waals surface area (Å²) in [5, 5.41) is 0.513. The minimum Gasteiger partial charge on any atom is -0.337 e. The van der Waals surface area contributed by atoms with Crippen LogP contribution in [0.25, 0.3) is 0 Å². The topological polar surface area (TPSA) is 23.6 Å². The van der Waals surface area contributed by atoms with Crippen LogP contribution in [-0.2, 0) is 5.41 Å². The summed E-state index contributed by atoms with van der Waals surface area (Å²) >= 11 is 7.99. The van der Waals surface area contributed by atoms with Crippen LogP contribution >= 0.6 is 23.5 Å². The van der Waals surface area contributed by atoms with Gasteiger partial charge in [0.15, 0.2) is 0 Å². The van der Waals surface area contributed by atoms with Gasteiger partial charge in [-0.25, -0.2) is 4.31 Å². The van der Waals surface area contributed by atoms with Crippen LogP contribution in [0.15, 0.2) is 53.4 Å². The molecule has 0 saturated carbocycles. The van der Waals surface area contributed by atoms with E-state index in [1.807, 2.05) is 17.0 Å². The van der Waals surface area contributed by atoms with Gasteiger partial charge in [-0.1, -0.05) is 70.5 Å². The van der Waals surface area contributed by atoms with Crippen LogP contribution < -0.4 is 0 Å². The van der Waals surface area contributed by atoms with Gasteiger partial charge in [0, 0.05) is 31.1 Å². The smallest absolute Gasteiger partial charge is 0.255 e. The van der Waals surface area contributed by atoms with Crippen molar-refractivity contribution in [3.63, 3.8) is 0 Å². The summed E-state index contributed by atoms with van der Waals surface area (Å²) in [6.45, 7) is 14.0. The van der Waals surface area contributed by atoms with Gasteiger partial charge in [0.1, 0.15) is 0 Å². The lowest BCUT2D eigenvalue weighted by molar-refractivity contribution is 0.0750. The molecule has 0 radical (unpaired) electrons. The molecule has 2 aromatic rings. The van der Waals surface area contributed by atoms with Crippen LogP contribution in [-0.4, -0.2) is 41.3 Å². The minimum atomic E-state index is 0.00744. The van der Waals surface area contributed by atoms with Crippen LogP contribution in [0.2, 0.25) is 5.02 Å². The van der Waals surface area contributed by atoms with Gasteiger partial charge in [-0.05, 0) is 53.6 Å². The molecule has 1 amide bonds. The molecule has 0 unspecified atom stereocenters. The van der Waals surface area contributed by atoms with Gasteiger partial charge < -0.3 is 4.90 Å². The van der Waals surface area contributed by atoms with Crippen molar-refractivity contribution in [2.75, 3.05) is 26.2 Å². The third kappa shape index (κ3) is 7.06. The Bertz CT molecular complexity index is 786. The molecule has 0 aliphatic heterocycles. The van der Waals surface area contributed by atoms with Crippen molar-refractivity contribution < 1.29 is 4.79 Å². The highest BCUT2D eigenvalue weighted by Crippen LogP contribution is 2.27. The van der Waals surface area contributed by atoms with Crippen molar-refractivity contribution in [3.05, 3.63) is 64.7 Å². The summed E-state index contributed by atoms with van der Waals surface area (Å²) in [6, 6.07) is 16.1. The van der Waals surface area contributed by atoms with Crippen molar-refractivity contribution >= 4 is 29.5 Å². The number of carbonyl (C=O) groups excluding carboxylic acids is 1. The average Bonchev–Trinajstić information content (AvgIpc) is 2.69. The molecule has 0 bridgehead atoms. The molecular formula is C24H33ClN2OS. The number of amides is 1. The van der Waals surface area contributed by atoms with Gasteiger partial charge in [-0.15, -0.1) is 0 Å². The zero-order valence-corrected chi connectivity index (χ0v) is 19.8. The lowest BCUT2D eigenvalue weighted by Gasteiger charge is -2.27. The zero-order chi connectivity index (χ0) is 21.4. The summed E-state index contributed by atoms with van der Waals surface area (Å²) in [6.07, 6.45) is 0.920. The lowest BCUT2D eigenvalue weighted by Crippen LogP contribution is -2.37. The second-order valence-electron chi connectivity index (χ2n) is 8.16. The molecule has 0 saturated heterocycles. The molecule has 0 atom stereocenters. The molecule has 0 heterocycles. The predicted molar refractivity (Wildman–Crippen MR) is 126 cm³/mol. The van der Waals surface area contributed by atoms with E-state index in [1.165, 1.54) is 10.5 Å². The summed E-state index contributed by atoms with van der Waals surface area (Å²) in [5.74, 6) is 0.00744. The molecule has 29 heavy (non-hydrogen) atoms. The van der Waals surface area contributed by atoms with Crippen molar-refractivity contribution in [3.8, 4) is 0 Å². The number of rotatable bonds is 9. The average molecular weight is 433 g/mol. The first-order valence-corrected chi connectivity index (χ1v) is 11.5. The maximum Gasteiger partial charge on any atom is 0.255 e. The maximum absolute atomic E-state index is 13.0. The predicted octanol–water partition coefficient (Wildman–Crippen LogP) is 6.52. The first-order chi connectivity index (χ1) is 13.8. The number of hydrogen-bond acceptors (Lipinski definition) is 3. The van der Waals surface area contributed by atoms with E-state index in [0.29, 0.717) is 17.1 Å². The first-order valence-electron chi connectivity index (χ1n) is 10.3. The number of hydrogen-bond donors (Lipinski definition) is 0. The fourth-order valence-corrected chi connectivity index (χ4v) is 4.13. The number of benzene rings is 2. The van der Waals surface area contributed by atoms with Gasteiger partial charge >= 0.3 is 0 Å². The summed E-state index contributed by atoms with van der Waals surface area (Å²) < 4.78 is 2.30. The van der Waals surface area contributed by atoms with Crippen LogP contribution in [0.4, 0.5) is 0 Å². The van der Waals surface area contributed by atoms with Gasteiger partial charge in [0.05, 0.1) is 10.6 Å². The third-order valence-corrected chi connectivity index (χ3v) is 6.32. The van der Waals surface area contributed by atoms with Crippen molar-refractivity contribution in [1.82, 2.24) is 9.21 Å². The second kappa shape index (κ2) is 11.1. The lowest BCUT2D eigenvalue weighted by atomic mass is 9.87. The van der Waals surface area contributed by atoms with Gasteiger partial charge in [0.25, 0.3) is 5.91 Å². The fourth-order valence-electron chi connectivity index (χ4n) is 3.06. The van der Waals surface area contributed by atoms with Crippen LogP contribution in [0.5, 0.6) is 0 Å². The molecule has 0 aliphatic carbocycles. The monoisotopic (exact) mass is 432 g/mol. The Morgan fingerprint density at radius 2 is 1.62 bits per heavy atom. The van der Waals surface area contributed by atoms with E-state index in [-0.39, 0.29) is 11.3 Å². The van der Waals surface area contributed by atoms with Crippen molar-refractivity contribution in [2.24, 2.45) is 0 Å². The molecule has 0 N–H and O–H groups in total. The molecular weight excluding hydrogens is 400 g/mol. The highest BCUT2D eigenvalue weighted by Gasteiger charge is 2.19. The summed E-state index contributed by atoms with van der Waals surface area (Å²) in [5.41, 5.74) is 2.08. The molecule has 158 valence electrons. The molecule has 0 fully saturated rings. The summed E-state index contributed by atoms with van der Waals surface area (Å²) in [4.78, 5) is 16.1. The summed E-state index contributed by atoms with van der Waals surface area (Å²) in [7, 11) is 0. The van der Waals surface area contributed by atoms with Crippen LogP contribution in [0, 0.1) is 0 Å². The Hall–Kier alpha value is -1.49. The Kier molecular flexibility index (Phi) is 9.06. The quantitative estimate of drug-likeness (QED) is 0.421. The van der Waals surface area contributed by atoms with Crippen LogP contribution in [0.1, 0.15) is 57.0 Å². The van der Waals surface area contributed by atoms with E-state index in [4.69, 9.17) is 11.6 Å². The van der Waals surface area contributed by atoms with Crippen LogP contribution in [0.3, 0.4) is 0 Å². The molecule has 2 rings (SSSR count). The third-order valence-electron chi connectivity index (χ3n) is 4.81. The highest BCUT2D eigenvalue weighted by atomic mass is 35.5. The largest absolute Gasteiger partial charge is 0.337 e. The van der Waals surface area contributed by atoms with E-state index in [9.17, 15) is 4.79 Å². The van der Waals surface area contributed by atoms with Gasteiger partial charge in [-0.2, -0.15) is 0 Å². The van der Waals surface area contributed by atoms with Crippen molar-refractivity contribution in [2.45, 2.75) is 51.3 Å². The number of carbonyl (C=O) groups is 1. The molecule has 3 nitrogen and oxygen atoms in total. The maximum atomic E-state index is 13.0. The molecule has 5 heteroatoms. The Morgan fingerprint density at radius 3 is 2.17 bits per heavy atom. The van der Waals surface area contributed by atoms with E-state index in [2.05, 4.69) is 63.2 Å². The zero-order valence-electron chi connectivity index (χ0n) is 18.2. The molecule has 2 aromatic carbocycles. The van der Waals surface area contributed by atoms with E-state index < -0.39 is 0 Å².